The molecule has 0 N–H and O–H groups in total. The first-order chi connectivity index (χ1) is 8.84. The molecular formula is C12H12ClFN2O2S. The van der Waals surface area contributed by atoms with Crippen molar-refractivity contribution in [1.82, 2.24) is 9.78 Å². The van der Waals surface area contributed by atoms with Crippen LogP contribution in [0.1, 0.15) is 17.7 Å². The predicted molar refractivity (Wildman–Crippen MR) is 70.2 cm³/mol. The molecule has 0 aliphatic carbocycles. The van der Waals surface area contributed by atoms with Crippen LogP contribution in [-0.4, -0.2) is 18.2 Å². The Morgan fingerprint density at radius 2 is 2.11 bits per heavy atom. The van der Waals surface area contributed by atoms with Crippen LogP contribution in [0.2, 0.25) is 5.02 Å². The van der Waals surface area contributed by atoms with Gasteiger partial charge in [0.05, 0.1) is 16.5 Å². The van der Waals surface area contributed by atoms with Gasteiger partial charge >= 0.3 is 0 Å². The largest absolute Gasteiger partial charge is 0.274 e. The summed E-state index contributed by atoms with van der Waals surface area (Å²) in [6, 6.07) is 4.32. The number of halogens is 2. The first-order valence-corrected chi connectivity index (χ1v) is 7.43. The van der Waals surface area contributed by atoms with Crippen LogP contribution < -0.4 is 0 Å². The minimum atomic E-state index is -3.69. The predicted octanol–water partition coefficient (Wildman–Crippen LogP) is 2.75. The van der Waals surface area contributed by atoms with Crippen LogP contribution >= 0.6 is 11.6 Å². The molecule has 0 aliphatic rings. The monoisotopic (exact) mass is 302 g/mol. The molecule has 0 bridgehead atoms. The van der Waals surface area contributed by atoms with Crippen molar-refractivity contribution in [1.29, 1.82) is 0 Å². The van der Waals surface area contributed by atoms with E-state index in [0.717, 1.165) is 0 Å². The summed E-state index contributed by atoms with van der Waals surface area (Å²) in [7, 11) is -2.08. The van der Waals surface area contributed by atoms with Crippen LogP contribution in [0, 0.1) is 5.82 Å². The molecule has 1 atom stereocenters. The molecule has 1 aromatic carbocycles. The van der Waals surface area contributed by atoms with Crippen LogP contribution in [0.25, 0.3) is 0 Å². The Kier molecular flexibility index (Phi) is 3.64. The molecule has 0 fully saturated rings. The first kappa shape index (κ1) is 14.0. The van der Waals surface area contributed by atoms with Crippen LogP contribution in [0.5, 0.6) is 0 Å². The van der Waals surface area contributed by atoms with E-state index in [2.05, 4.69) is 5.10 Å². The molecule has 7 heteroatoms. The number of sulfone groups is 1. The summed E-state index contributed by atoms with van der Waals surface area (Å²) in [5, 5.41) is 2.69. The third-order valence-corrected chi connectivity index (χ3v) is 5.24. The van der Waals surface area contributed by atoms with Gasteiger partial charge in [0.15, 0.2) is 9.84 Å². The highest BCUT2D eigenvalue weighted by atomic mass is 35.5. The summed E-state index contributed by atoms with van der Waals surface area (Å²) in [5.74, 6) is -0.705. The molecule has 0 saturated carbocycles. The van der Waals surface area contributed by atoms with E-state index in [4.69, 9.17) is 11.6 Å². The lowest BCUT2D eigenvalue weighted by atomic mass is 10.1. The van der Waals surface area contributed by atoms with E-state index in [1.165, 1.54) is 42.2 Å². The van der Waals surface area contributed by atoms with Gasteiger partial charge in [-0.2, -0.15) is 5.10 Å². The zero-order valence-corrected chi connectivity index (χ0v) is 11.9. The second-order valence-electron chi connectivity index (χ2n) is 4.18. The number of aromatic nitrogens is 2. The fourth-order valence-electron chi connectivity index (χ4n) is 1.75. The molecule has 0 saturated heterocycles. The fraction of sp³-hybridized carbons (Fsp3) is 0.250. The van der Waals surface area contributed by atoms with Gasteiger partial charge in [0.1, 0.15) is 10.7 Å². The summed E-state index contributed by atoms with van der Waals surface area (Å²) in [6.45, 7) is 1.43. The lowest BCUT2D eigenvalue weighted by molar-refractivity contribution is 0.573. The standard InChI is InChI=1S/C12H12ClFN2O2S/c1-8(10-4-3-5-11(13)12(10)14)19(17,18)9-6-15-16(2)7-9/h3-8H,1-2H3. The SMILES string of the molecule is CC(c1cccc(Cl)c1F)S(=O)(=O)c1cnn(C)c1. The second-order valence-corrected chi connectivity index (χ2v) is 6.86. The van der Waals surface area contributed by atoms with Crippen LogP contribution in [0.3, 0.4) is 0 Å². The quantitative estimate of drug-likeness (QED) is 0.876. The van der Waals surface area contributed by atoms with Crippen molar-refractivity contribution in [3.63, 3.8) is 0 Å². The Hall–Kier alpha value is -1.40. The number of aryl methyl sites for hydroxylation is 1. The highest BCUT2D eigenvalue weighted by Crippen LogP contribution is 2.32. The van der Waals surface area contributed by atoms with Crippen molar-refractivity contribution in [3.8, 4) is 0 Å². The zero-order chi connectivity index (χ0) is 14.2. The maximum absolute atomic E-state index is 13.9. The van der Waals surface area contributed by atoms with Crippen molar-refractivity contribution in [2.24, 2.45) is 7.05 Å². The summed E-state index contributed by atoms with van der Waals surface area (Å²) in [4.78, 5) is 0.0573. The lowest BCUT2D eigenvalue weighted by Crippen LogP contribution is -2.12. The van der Waals surface area contributed by atoms with E-state index < -0.39 is 20.9 Å². The van der Waals surface area contributed by atoms with E-state index in [1.54, 1.807) is 7.05 Å². The minimum absolute atomic E-state index is 0.0522. The molecule has 2 rings (SSSR count). The third kappa shape index (κ3) is 2.50. The van der Waals surface area contributed by atoms with Gasteiger partial charge in [-0.25, -0.2) is 12.8 Å². The Labute approximate surface area is 115 Å². The second kappa shape index (κ2) is 4.94. The number of hydrogen-bond acceptors (Lipinski definition) is 3. The summed E-state index contributed by atoms with van der Waals surface area (Å²) in [5.41, 5.74) is 0.0522. The highest BCUT2D eigenvalue weighted by Gasteiger charge is 2.28. The van der Waals surface area contributed by atoms with E-state index in [0.29, 0.717) is 0 Å². The molecule has 0 aliphatic heterocycles. The van der Waals surface area contributed by atoms with Crippen molar-refractivity contribution >= 4 is 21.4 Å². The van der Waals surface area contributed by atoms with Crippen molar-refractivity contribution in [3.05, 3.63) is 47.0 Å². The van der Waals surface area contributed by atoms with Gasteiger partial charge in [-0.1, -0.05) is 23.7 Å². The van der Waals surface area contributed by atoms with Crippen LogP contribution in [-0.2, 0) is 16.9 Å². The smallest absolute Gasteiger partial charge is 0.188 e. The van der Waals surface area contributed by atoms with E-state index in [-0.39, 0.29) is 15.5 Å². The van der Waals surface area contributed by atoms with Gasteiger partial charge < -0.3 is 0 Å². The first-order valence-electron chi connectivity index (χ1n) is 5.50. The topological polar surface area (TPSA) is 52.0 Å². The summed E-state index contributed by atoms with van der Waals surface area (Å²) in [6.07, 6.45) is 2.63. The molecule has 19 heavy (non-hydrogen) atoms. The molecule has 4 nitrogen and oxygen atoms in total. The fourth-order valence-corrected chi connectivity index (χ4v) is 3.35. The molecule has 1 heterocycles. The molecule has 0 spiro atoms. The van der Waals surface area contributed by atoms with Gasteiger partial charge in [0, 0.05) is 18.8 Å². The maximum atomic E-state index is 13.9. The van der Waals surface area contributed by atoms with E-state index >= 15 is 0 Å². The molecule has 0 radical (unpaired) electrons. The number of rotatable bonds is 3. The lowest BCUT2D eigenvalue weighted by Gasteiger charge is -2.13. The zero-order valence-electron chi connectivity index (χ0n) is 10.3. The van der Waals surface area contributed by atoms with Crippen LogP contribution in [0.4, 0.5) is 4.39 Å². The van der Waals surface area contributed by atoms with Gasteiger partial charge in [-0.3, -0.25) is 4.68 Å². The normalized spacial score (nSPS) is 13.5. The Morgan fingerprint density at radius 3 is 2.68 bits per heavy atom. The molecule has 2 aromatic rings. The molecule has 102 valence electrons. The number of benzene rings is 1. The van der Waals surface area contributed by atoms with E-state index in [1.807, 2.05) is 0 Å². The van der Waals surface area contributed by atoms with Gasteiger partial charge in [-0.05, 0) is 13.0 Å². The average Bonchev–Trinajstić information content (AvgIpc) is 2.79. The molecule has 1 aromatic heterocycles. The maximum Gasteiger partial charge on any atom is 0.188 e. The van der Waals surface area contributed by atoms with Crippen molar-refractivity contribution < 1.29 is 12.8 Å². The van der Waals surface area contributed by atoms with Gasteiger partial charge in [0.25, 0.3) is 0 Å². The number of hydrogen-bond donors (Lipinski definition) is 0. The molecular weight excluding hydrogens is 291 g/mol. The highest BCUT2D eigenvalue weighted by molar-refractivity contribution is 7.91. The summed E-state index contributed by atoms with van der Waals surface area (Å²) < 4.78 is 40.0. The van der Waals surface area contributed by atoms with Crippen molar-refractivity contribution in [2.75, 3.05) is 0 Å². The number of nitrogens with zero attached hydrogens (tertiary/aromatic N) is 2. The Balaban J connectivity index is 2.49. The van der Waals surface area contributed by atoms with Crippen LogP contribution in [0.15, 0.2) is 35.5 Å². The summed E-state index contributed by atoms with van der Waals surface area (Å²) >= 11 is 5.67. The Morgan fingerprint density at radius 1 is 1.42 bits per heavy atom. The van der Waals surface area contributed by atoms with Crippen molar-refractivity contribution in [2.45, 2.75) is 17.1 Å². The van der Waals surface area contributed by atoms with Gasteiger partial charge in [-0.15, -0.1) is 0 Å². The molecule has 0 amide bonds. The van der Waals surface area contributed by atoms with Gasteiger partial charge in [0.2, 0.25) is 0 Å². The third-order valence-electron chi connectivity index (χ3n) is 2.89. The average molecular weight is 303 g/mol. The molecule has 1 unspecified atom stereocenters. The Bertz CT molecular complexity index is 712. The minimum Gasteiger partial charge on any atom is -0.274 e. The van der Waals surface area contributed by atoms with E-state index in [9.17, 15) is 12.8 Å².